The van der Waals surface area contributed by atoms with E-state index in [0.29, 0.717) is 32.0 Å². The van der Waals surface area contributed by atoms with E-state index in [0.717, 1.165) is 31.8 Å². The van der Waals surface area contributed by atoms with Crippen LogP contribution in [-0.2, 0) is 11.0 Å². The van der Waals surface area contributed by atoms with Gasteiger partial charge in [0.25, 0.3) is 0 Å². The lowest BCUT2D eigenvalue weighted by molar-refractivity contribution is -0.137. The number of amides is 1. The SMILES string of the molecule is COc1nc(N2CCN(C(=O)/C=C/CN3CCCC3)CC2)c2cnc(-c3cccc(Cl)c3C(F)(F)F)c(F)c2n1. The van der Waals surface area contributed by atoms with Crippen molar-refractivity contribution in [2.45, 2.75) is 19.0 Å². The molecule has 2 aromatic heterocycles. The summed E-state index contributed by atoms with van der Waals surface area (Å²) in [5, 5.41) is -0.353. The maximum atomic E-state index is 15.8. The van der Waals surface area contributed by atoms with Crippen molar-refractivity contribution >= 4 is 34.2 Å². The summed E-state index contributed by atoms with van der Waals surface area (Å²) < 4.78 is 62.3. The number of anilines is 1. The molecule has 0 saturated carbocycles. The van der Waals surface area contributed by atoms with E-state index in [2.05, 4.69) is 19.9 Å². The van der Waals surface area contributed by atoms with Crippen molar-refractivity contribution in [2.75, 3.05) is 57.8 Å². The molecule has 40 heavy (non-hydrogen) atoms. The molecule has 0 aliphatic carbocycles. The predicted octanol–water partition coefficient (Wildman–Crippen LogP) is 4.81. The number of aromatic nitrogens is 3. The number of carbonyl (C=O) groups excluding carboxylic acids is 1. The topological polar surface area (TPSA) is 74.7 Å². The Balaban J connectivity index is 1.41. The third-order valence-corrected chi connectivity index (χ3v) is 7.41. The Kier molecular flexibility index (Phi) is 8.09. The molecule has 13 heteroatoms. The predicted molar refractivity (Wildman–Crippen MR) is 143 cm³/mol. The average molecular weight is 579 g/mol. The van der Waals surface area contributed by atoms with Gasteiger partial charge in [0.2, 0.25) is 5.91 Å². The number of ether oxygens (including phenoxy) is 1. The van der Waals surface area contributed by atoms with Crippen molar-refractivity contribution in [3.05, 3.63) is 53.0 Å². The summed E-state index contributed by atoms with van der Waals surface area (Å²) in [6.45, 7) is 4.46. The van der Waals surface area contributed by atoms with E-state index >= 15 is 4.39 Å². The highest BCUT2D eigenvalue weighted by Gasteiger charge is 2.37. The molecule has 0 atom stereocenters. The number of methoxy groups -OCH3 is 1. The van der Waals surface area contributed by atoms with Crippen LogP contribution in [0.2, 0.25) is 5.02 Å². The number of halogens is 5. The first-order valence-corrected chi connectivity index (χ1v) is 13.2. The van der Waals surface area contributed by atoms with Gasteiger partial charge in [-0.25, -0.2) is 4.39 Å². The highest BCUT2D eigenvalue weighted by atomic mass is 35.5. The largest absolute Gasteiger partial charge is 0.467 e. The fourth-order valence-corrected chi connectivity index (χ4v) is 5.34. The van der Waals surface area contributed by atoms with E-state index in [1.807, 2.05) is 11.0 Å². The van der Waals surface area contributed by atoms with Gasteiger partial charge in [-0.05, 0) is 32.0 Å². The Bertz CT molecular complexity index is 1440. The number of likely N-dealkylation sites (tertiary alicyclic amines) is 1. The zero-order chi connectivity index (χ0) is 28.4. The Labute approximate surface area is 233 Å². The van der Waals surface area contributed by atoms with Gasteiger partial charge in [0.1, 0.15) is 17.0 Å². The number of fused-ring (bicyclic) bond motifs is 1. The van der Waals surface area contributed by atoms with Gasteiger partial charge in [0, 0.05) is 50.6 Å². The van der Waals surface area contributed by atoms with Crippen LogP contribution < -0.4 is 9.64 Å². The summed E-state index contributed by atoms with van der Waals surface area (Å²) in [5.41, 5.74) is -2.45. The maximum Gasteiger partial charge on any atom is 0.418 e. The zero-order valence-corrected chi connectivity index (χ0v) is 22.5. The van der Waals surface area contributed by atoms with E-state index in [1.54, 1.807) is 11.0 Å². The summed E-state index contributed by atoms with van der Waals surface area (Å²) in [6, 6.07) is 3.35. The molecule has 2 saturated heterocycles. The van der Waals surface area contributed by atoms with Crippen molar-refractivity contribution in [1.82, 2.24) is 24.8 Å². The lowest BCUT2D eigenvalue weighted by Gasteiger charge is -2.35. The molecular weight excluding hydrogens is 552 g/mol. The molecule has 0 radical (unpaired) electrons. The quantitative estimate of drug-likeness (QED) is 0.307. The van der Waals surface area contributed by atoms with Crippen LogP contribution >= 0.6 is 11.6 Å². The molecule has 0 N–H and O–H groups in total. The molecule has 212 valence electrons. The number of hydrogen-bond acceptors (Lipinski definition) is 7. The summed E-state index contributed by atoms with van der Waals surface area (Å²) in [6.07, 6.45) is 2.28. The van der Waals surface area contributed by atoms with Crippen LogP contribution in [0.1, 0.15) is 18.4 Å². The standard InChI is InChI=1S/C27H27ClF4N6O2/c1-40-26-34-24-18(16-33-23(22(24)29)17-6-4-7-19(28)21(17)27(30,31)32)25(35-26)38-14-12-37(13-15-38)20(39)8-5-11-36-9-2-3-10-36/h4-8,16H,2-3,9-15H2,1H3/b8-5+. The van der Waals surface area contributed by atoms with Gasteiger partial charge in [-0.3, -0.25) is 14.7 Å². The van der Waals surface area contributed by atoms with Crippen LogP contribution in [0.5, 0.6) is 6.01 Å². The van der Waals surface area contributed by atoms with Crippen molar-refractivity contribution in [3.63, 3.8) is 0 Å². The minimum atomic E-state index is -4.83. The van der Waals surface area contributed by atoms with Crippen LogP contribution in [0.4, 0.5) is 23.4 Å². The first-order chi connectivity index (χ1) is 19.2. The second-order valence-corrected chi connectivity index (χ2v) is 10.0. The van der Waals surface area contributed by atoms with Crippen LogP contribution in [-0.4, -0.2) is 83.6 Å². The van der Waals surface area contributed by atoms with E-state index in [4.69, 9.17) is 16.3 Å². The molecule has 0 unspecified atom stereocenters. The number of nitrogens with zero attached hydrogens (tertiary/aromatic N) is 6. The van der Waals surface area contributed by atoms with Crippen LogP contribution in [0.15, 0.2) is 36.5 Å². The highest BCUT2D eigenvalue weighted by molar-refractivity contribution is 6.31. The fraction of sp³-hybridized carbons (Fsp3) is 0.407. The van der Waals surface area contributed by atoms with E-state index < -0.39 is 33.8 Å². The number of piperazine rings is 1. The molecule has 5 rings (SSSR count). The third-order valence-electron chi connectivity index (χ3n) is 7.09. The summed E-state index contributed by atoms with van der Waals surface area (Å²) in [5.74, 6) is -0.814. The van der Waals surface area contributed by atoms with Crippen LogP contribution in [0.3, 0.4) is 0 Å². The normalized spacial score (nSPS) is 16.9. The van der Waals surface area contributed by atoms with Crippen LogP contribution in [0, 0.1) is 5.82 Å². The van der Waals surface area contributed by atoms with Crippen molar-refractivity contribution < 1.29 is 27.1 Å². The highest BCUT2D eigenvalue weighted by Crippen LogP contribution is 2.42. The Morgan fingerprint density at radius 2 is 1.82 bits per heavy atom. The Morgan fingerprint density at radius 1 is 1.10 bits per heavy atom. The van der Waals surface area contributed by atoms with Gasteiger partial charge in [0.15, 0.2) is 5.82 Å². The van der Waals surface area contributed by atoms with Gasteiger partial charge in [-0.15, -0.1) is 0 Å². The Morgan fingerprint density at radius 3 is 2.50 bits per heavy atom. The summed E-state index contributed by atoms with van der Waals surface area (Å²) >= 11 is 5.84. The first-order valence-electron chi connectivity index (χ1n) is 12.9. The van der Waals surface area contributed by atoms with Gasteiger partial charge in [-0.2, -0.15) is 23.1 Å². The first kappa shape index (κ1) is 28.0. The smallest absolute Gasteiger partial charge is 0.418 e. The molecule has 3 aromatic rings. The molecule has 2 aliphatic heterocycles. The van der Waals surface area contributed by atoms with E-state index in [1.165, 1.54) is 32.2 Å². The third kappa shape index (κ3) is 5.68. The average Bonchev–Trinajstić information content (AvgIpc) is 3.45. The molecule has 4 heterocycles. The fourth-order valence-electron chi connectivity index (χ4n) is 5.06. The number of benzene rings is 1. The zero-order valence-electron chi connectivity index (χ0n) is 21.7. The number of rotatable bonds is 6. The molecule has 2 fully saturated rings. The second kappa shape index (κ2) is 11.5. The summed E-state index contributed by atoms with van der Waals surface area (Å²) in [4.78, 5) is 31.1. The van der Waals surface area contributed by atoms with Gasteiger partial charge in [0.05, 0.1) is 23.1 Å². The molecule has 8 nitrogen and oxygen atoms in total. The number of carbonyl (C=O) groups is 1. The maximum absolute atomic E-state index is 15.8. The number of alkyl halides is 3. The van der Waals surface area contributed by atoms with E-state index in [-0.39, 0.29) is 22.8 Å². The molecule has 1 amide bonds. The molecule has 1 aromatic carbocycles. The Hall–Kier alpha value is -3.51. The minimum Gasteiger partial charge on any atom is -0.467 e. The van der Waals surface area contributed by atoms with Gasteiger partial charge in [-0.1, -0.05) is 29.8 Å². The number of hydrogen-bond donors (Lipinski definition) is 0. The second-order valence-electron chi connectivity index (χ2n) is 9.60. The van der Waals surface area contributed by atoms with Crippen molar-refractivity contribution in [2.24, 2.45) is 0 Å². The monoisotopic (exact) mass is 578 g/mol. The van der Waals surface area contributed by atoms with Crippen molar-refractivity contribution in [1.29, 1.82) is 0 Å². The van der Waals surface area contributed by atoms with Crippen LogP contribution in [0.25, 0.3) is 22.2 Å². The lowest BCUT2D eigenvalue weighted by atomic mass is 10.0. The van der Waals surface area contributed by atoms with Gasteiger partial charge < -0.3 is 14.5 Å². The minimum absolute atomic E-state index is 0.0803. The molecule has 2 aliphatic rings. The summed E-state index contributed by atoms with van der Waals surface area (Å²) in [7, 11) is 1.31. The van der Waals surface area contributed by atoms with E-state index in [9.17, 15) is 18.0 Å². The molecular formula is C27H27ClF4N6O2. The molecule has 0 spiro atoms. The molecule has 0 bridgehead atoms. The number of pyridine rings is 1. The van der Waals surface area contributed by atoms with Gasteiger partial charge >= 0.3 is 12.2 Å². The van der Waals surface area contributed by atoms with Crippen molar-refractivity contribution in [3.8, 4) is 17.3 Å². The lowest BCUT2D eigenvalue weighted by Crippen LogP contribution is -2.48.